The van der Waals surface area contributed by atoms with Crippen LogP contribution in [0.25, 0.3) is 0 Å². The fourth-order valence-corrected chi connectivity index (χ4v) is 1.86. The average molecular weight is 267 g/mol. The van der Waals surface area contributed by atoms with Crippen LogP contribution in [0.3, 0.4) is 0 Å². The van der Waals surface area contributed by atoms with Crippen molar-refractivity contribution in [2.45, 2.75) is 19.3 Å². The average Bonchev–Trinajstić information content (AvgIpc) is 3.20. The molecule has 0 amide bonds. The molecule has 0 unspecified atom stereocenters. The third-order valence-corrected chi connectivity index (χ3v) is 3.21. The molecule has 0 atom stereocenters. The van der Waals surface area contributed by atoms with E-state index in [9.17, 15) is 8.78 Å². The van der Waals surface area contributed by atoms with Gasteiger partial charge < -0.3 is 10.6 Å². The van der Waals surface area contributed by atoms with Crippen LogP contribution in [0.5, 0.6) is 0 Å². The molecule has 0 spiro atoms. The van der Waals surface area contributed by atoms with Crippen LogP contribution in [0.2, 0.25) is 0 Å². The van der Waals surface area contributed by atoms with E-state index in [-0.39, 0.29) is 5.56 Å². The Kier molecular flexibility index (Phi) is 4.71. The minimum Gasteiger partial charge on any atom is -0.356 e. The molecule has 0 saturated heterocycles. The Labute approximate surface area is 112 Å². The van der Waals surface area contributed by atoms with Crippen LogP contribution in [0, 0.1) is 17.6 Å². The topological polar surface area (TPSA) is 36.4 Å². The molecule has 2 N–H and O–H groups in total. The summed E-state index contributed by atoms with van der Waals surface area (Å²) in [7, 11) is 1.69. The summed E-state index contributed by atoms with van der Waals surface area (Å²) in [4.78, 5) is 4.07. The fraction of sp³-hybridized carbons (Fsp3) is 0.500. The quantitative estimate of drug-likeness (QED) is 0.633. The maximum atomic E-state index is 13.4. The molecule has 1 aromatic carbocycles. The standard InChI is InChI=1S/C14H19F2N3/c1-17-14(19-9-10-5-6-10)18-8-7-11-12(15)3-2-4-13(11)16/h2-4,10H,5-9H2,1H3,(H2,17,18,19). The fourth-order valence-electron chi connectivity index (χ4n) is 1.86. The van der Waals surface area contributed by atoms with Crippen LogP contribution in [-0.4, -0.2) is 26.1 Å². The minimum absolute atomic E-state index is 0.118. The van der Waals surface area contributed by atoms with E-state index < -0.39 is 11.6 Å². The van der Waals surface area contributed by atoms with Gasteiger partial charge in [-0.05, 0) is 37.3 Å². The number of benzene rings is 1. The van der Waals surface area contributed by atoms with Gasteiger partial charge in [-0.3, -0.25) is 4.99 Å². The number of hydrogen-bond donors (Lipinski definition) is 2. The van der Waals surface area contributed by atoms with Crippen molar-refractivity contribution in [3.63, 3.8) is 0 Å². The van der Waals surface area contributed by atoms with Crippen molar-refractivity contribution >= 4 is 5.96 Å². The zero-order valence-corrected chi connectivity index (χ0v) is 11.0. The van der Waals surface area contributed by atoms with Crippen molar-refractivity contribution in [3.05, 3.63) is 35.4 Å². The van der Waals surface area contributed by atoms with Crippen LogP contribution in [0.15, 0.2) is 23.2 Å². The van der Waals surface area contributed by atoms with Crippen molar-refractivity contribution in [1.29, 1.82) is 0 Å². The van der Waals surface area contributed by atoms with Crippen molar-refractivity contribution in [2.24, 2.45) is 10.9 Å². The van der Waals surface area contributed by atoms with Crippen LogP contribution in [-0.2, 0) is 6.42 Å². The van der Waals surface area contributed by atoms with Crippen LogP contribution < -0.4 is 10.6 Å². The first kappa shape index (κ1) is 13.8. The van der Waals surface area contributed by atoms with E-state index in [0.29, 0.717) is 18.9 Å². The van der Waals surface area contributed by atoms with E-state index in [2.05, 4.69) is 15.6 Å². The summed E-state index contributed by atoms with van der Waals surface area (Å²) in [5, 5.41) is 6.26. The predicted octanol–water partition coefficient (Wildman–Crippen LogP) is 2.08. The van der Waals surface area contributed by atoms with Gasteiger partial charge in [0.15, 0.2) is 5.96 Å². The first-order valence-corrected chi connectivity index (χ1v) is 6.58. The summed E-state index contributed by atoms with van der Waals surface area (Å²) < 4.78 is 26.8. The lowest BCUT2D eigenvalue weighted by Crippen LogP contribution is -2.39. The van der Waals surface area contributed by atoms with Gasteiger partial charge >= 0.3 is 0 Å². The minimum atomic E-state index is -0.497. The molecule has 1 aromatic rings. The van der Waals surface area contributed by atoms with Gasteiger partial charge in [0.25, 0.3) is 0 Å². The molecule has 0 bridgehead atoms. The van der Waals surface area contributed by atoms with E-state index in [1.54, 1.807) is 7.05 Å². The van der Waals surface area contributed by atoms with Crippen LogP contribution >= 0.6 is 0 Å². The van der Waals surface area contributed by atoms with Crippen molar-refractivity contribution < 1.29 is 8.78 Å². The Morgan fingerprint density at radius 1 is 1.26 bits per heavy atom. The SMILES string of the molecule is CN=C(NCCc1c(F)cccc1F)NCC1CC1. The van der Waals surface area contributed by atoms with E-state index in [1.807, 2.05) is 0 Å². The molecule has 19 heavy (non-hydrogen) atoms. The first-order chi connectivity index (χ1) is 9.20. The lowest BCUT2D eigenvalue weighted by molar-refractivity contribution is 0.553. The van der Waals surface area contributed by atoms with Gasteiger partial charge in [0.05, 0.1) is 0 Å². The third kappa shape index (κ3) is 4.19. The van der Waals surface area contributed by atoms with Crippen molar-refractivity contribution in [3.8, 4) is 0 Å². The van der Waals surface area contributed by atoms with Crippen molar-refractivity contribution in [2.75, 3.05) is 20.1 Å². The number of nitrogens with zero attached hydrogens (tertiary/aromatic N) is 1. The molecule has 1 aliphatic carbocycles. The Balaban J connectivity index is 1.78. The highest BCUT2D eigenvalue weighted by Gasteiger charge is 2.21. The van der Waals surface area contributed by atoms with E-state index in [0.717, 1.165) is 12.5 Å². The van der Waals surface area contributed by atoms with Gasteiger partial charge in [-0.2, -0.15) is 0 Å². The second-order valence-electron chi connectivity index (χ2n) is 4.77. The monoisotopic (exact) mass is 267 g/mol. The molecule has 0 aliphatic heterocycles. The number of halogens is 2. The predicted molar refractivity (Wildman–Crippen MR) is 72.2 cm³/mol. The van der Waals surface area contributed by atoms with E-state index in [4.69, 9.17) is 0 Å². The summed E-state index contributed by atoms with van der Waals surface area (Å²) in [6.07, 6.45) is 2.83. The molecule has 5 heteroatoms. The van der Waals surface area contributed by atoms with Gasteiger partial charge in [0.2, 0.25) is 0 Å². The largest absolute Gasteiger partial charge is 0.356 e. The Bertz CT molecular complexity index is 436. The zero-order chi connectivity index (χ0) is 13.7. The molecular formula is C14H19F2N3. The summed E-state index contributed by atoms with van der Waals surface area (Å²) >= 11 is 0. The zero-order valence-electron chi connectivity index (χ0n) is 11.0. The second-order valence-corrected chi connectivity index (χ2v) is 4.77. The van der Waals surface area contributed by atoms with E-state index >= 15 is 0 Å². The maximum Gasteiger partial charge on any atom is 0.190 e. The molecule has 104 valence electrons. The summed E-state index contributed by atoms with van der Waals surface area (Å²) in [6.45, 7) is 1.36. The normalized spacial score (nSPS) is 15.4. The Hall–Kier alpha value is -1.65. The number of guanidine groups is 1. The molecule has 0 radical (unpaired) electrons. The van der Waals surface area contributed by atoms with Gasteiger partial charge in [0, 0.05) is 25.7 Å². The lowest BCUT2D eigenvalue weighted by Gasteiger charge is -2.12. The summed E-state index contributed by atoms with van der Waals surface area (Å²) in [5.74, 6) is 0.441. The van der Waals surface area contributed by atoms with E-state index in [1.165, 1.54) is 31.0 Å². The molecular weight excluding hydrogens is 248 g/mol. The Morgan fingerprint density at radius 3 is 2.53 bits per heavy atom. The number of rotatable bonds is 5. The second kappa shape index (κ2) is 6.50. The van der Waals surface area contributed by atoms with Gasteiger partial charge in [-0.25, -0.2) is 8.78 Å². The molecule has 2 rings (SSSR count). The summed E-state index contributed by atoms with van der Waals surface area (Å²) in [5.41, 5.74) is 0.118. The van der Waals surface area contributed by atoms with Gasteiger partial charge in [0.1, 0.15) is 11.6 Å². The first-order valence-electron chi connectivity index (χ1n) is 6.58. The molecule has 1 aliphatic rings. The number of nitrogens with one attached hydrogen (secondary N) is 2. The smallest absolute Gasteiger partial charge is 0.190 e. The highest BCUT2D eigenvalue weighted by atomic mass is 19.1. The molecule has 3 nitrogen and oxygen atoms in total. The molecule has 1 saturated carbocycles. The molecule has 0 heterocycles. The van der Waals surface area contributed by atoms with Crippen LogP contribution in [0.4, 0.5) is 8.78 Å². The highest BCUT2D eigenvalue weighted by molar-refractivity contribution is 5.79. The number of hydrogen-bond acceptors (Lipinski definition) is 1. The van der Waals surface area contributed by atoms with Gasteiger partial charge in [-0.15, -0.1) is 0 Å². The third-order valence-electron chi connectivity index (χ3n) is 3.21. The lowest BCUT2D eigenvalue weighted by atomic mass is 10.1. The van der Waals surface area contributed by atoms with Crippen molar-refractivity contribution in [1.82, 2.24) is 10.6 Å². The Morgan fingerprint density at radius 2 is 1.95 bits per heavy atom. The molecule has 0 aromatic heterocycles. The van der Waals surface area contributed by atoms with Gasteiger partial charge in [-0.1, -0.05) is 6.07 Å². The maximum absolute atomic E-state index is 13.4. The number of aliphatic imine (C=N–C) groups is 1. The highest BCUT2D eigenvalue weighted by Crippen LogP contribution is 2.27. The summed E-state index contributed by atoms with van der Waals surface area (Å²) in [6, 6.07) is 3.93. The molecule has 1 fully saturated rings. The van der Waals surface area contributed by atoms with Crippen LogP contribution in [0.1, 0.15) is 18.4 Å².